The molecule has 0 radical (unpaired) electrons. The lowest BCUT2D eigenvalue weighted by atomic mass is 9.98. The molecule has 3 N–H and O–H groups in total. The zero-order valence-corrected chi connectivity index (χ0v) is 23.7. The monoisotopic (exact) mass is 542 g/mol. The van der Waals surface area contributed by atoms with Gasteiger partial charge in [0.2, 0.25) is 0 Å². The first-order valence-corrected chi connectivity index (χ1v) is 13.8. The van der Waals surface area contributed by atoms with E-state index in [0.29, 0.717) is 0 Å². The smallest absolute Gasteiger partial charge is 0.407 e. The van der Waals surface area contributed by atoms with Crippen LogP contribution in [0, 0.1) is 0 Å². The molecular formula is C29H38N2O6S. The third kappa shape index (κ3) is 8.23. The highest BCUT2D eigenvalue weighted by Crippen LogP contribution is 2.44. The Balaban J connectivity index is 1.61. The van der Waals surface area contributed by atoms with Gasteiger partial charge in [-0.1, -0.05) is 48.5 Å². The van der Waals surface area contributed by atoms with Crippen molar-refractivity contribution in [1.82, 2.24) is 5.32 Å². The molecule has 8 nitrogen and oxygen atoms in total. The van der Waals surface area contributed by atoms with E-state index in [4.69, 9.17) is 19.9 Å². The standard InChI is InChI=1S/C29H38N2O6S/c1-28(2,3)36-25(32)23(30)16-38-17-24(26(33)37-29(4,5)6)31-27(34)35-15-22-20-13-9-7-11-18(20)19-12-8-10-14-21(19)22/h7-14,22-24H,15-17,30H2,1-6H3,(H,31,34)/t23-,24+/m1/s1. The molecule has 0 fully saturated rings. The van der Waals surface area contributed by atoms with Gasteiger partial charge in [-0.15, -0.1) is 0 Å². The second-order valence-corrected chi connectivity index (χ2v) is 12.3. The number of alkyl carbamates (subject to hydrolysis) is 1. The number of thioether (sulfide) groups is 1. The molecule has 0 aliphatic heterocycles. The summed E-state index contributed by atoms with van der Waals surface area (Å²) < 4.78 is 16.4. The third-order valence-corrected chi connectivity index (χ3v) is 6.78. The van der Waals surface area contributed by atoms with Crippen molar-refractivity contribution in [1.29, 1.82) is 0 Å². The molecule has 206 valence electrons. The van der Waals surface area contributed by atoms with Crippen LogP contribution in [0.15, 0.2) is 48.5 Å². The number of benzene rings is 2. The normalized spacial score (nSPS) is 14.6. The fourth-order valence-corrected chi connectivity index (χ4v) is 5.06. The summed E-state index contributed by atoms with van der Waals surface area (Å²) in [5.74, 6) is -0.863. The van der Waals surface area contributed by atoms with Gasteiger partial charge in [0.25, 0.3) is 0 Å². The SMILES string of the molecule is CC(C)(C)OC(=O)[C@H](N)CSC[C@H](NC(=O)OCC1c2ccccc2-c2ccccc21)C(=O)OC(C)(C)C. The number of carbonyl (C=O) groups excluding carboxylic acids is 3. The summed E-state index contributed by atoms with van der Waals surface area (Å²) in [6.07, 6.45) is -0.722. The van der Waals surface area contributed by atoms with Crippen LogP contribution < -0.4 is 11.1 Å². The van der Waals surface area contributed by atoms with Gasteiger partial charge in [0.05, 0.1) is 0 Å². The van der Waals surface area contributed by atoms with Crippen LogP contribution in [-0.4, -0.2) is 59.4 Å². The first kappa shape index (κ1) is 29.5. The summed E-state index contributed by atoms with van der Waals surface area (Å²) in [5, 5.41) is 2.64. The lowest BCUT2D eigenvalue weighted by Gasteiger charge is -2.25. The van der Waals surface area contributed by atoms with Crippen LogP contribution >= 0.6 is 11.8 Å². The Labute approximate surface area is 229 Å². The molecule has 2 aromatic carbocycles. The molecule has 0 spiro atoms. The zero-order valence-electron chi connectivity index (χ0n) is 22.9. The van der Waals surface area contributed by atoms with Crippen LogP contribution in [0.2, 0.25) is 0 Å². The minimum atomic E-state index is -0.985. The highest BCUT2D eigenvalue weighted by Gasteiger charge is 2.31. The molecule has 38 heavy (non-hydrogen) atoms. The van der Waals surface area contributed by atoms with Crippen LogP contribution in [0.25, 0.3) is 11.1 Å². The molecule has 9 heteroatoms. The summed E-state index contributed by atoms with van der Waals surface area (Å²) in [6.45, 7) is 10.7. The predicted molar refractivity (Wildman–Crippen MR) is 149 cm³/mol. The molecule has 1 amide bonds. The summed E-state index contributed by atoms with van der Waals surface area (Å²) in [7, 11) is 0. The molecule has 0 saturated carbocycles. The van der Waals surface area contributed by atoms with Crippen molar-refractivity contribution in [2.75, 3.05) is 18.1 Å². The van der Waals surface area contributed by atoms with Gasteiger partial charge >= 0.3 is 18.0 Å². The van der Waals surface area contributed by atoms with Gasteiger partial charge in [0, 0.05) is 17.4 Å². The molecule has 0 unspecified atom stereocenters. The Bertz CT molecular complexity index is 1110. The van der Waals surface area contributed by atoms with Crippen molar-refractivity contribution in [2.45, 2.75) is 70.7 Å². The summed E-state index contributed by atoms with van der Waals surface area (Å²) >= 11 is 1.25. The van der Waals surface area contributed by atoms with Gasteiger partial charge in [-0.2, -0.15) is 11.8 Å². The van der Waals surface area contributed by atoms with E-state index < -0.39 is 41.3 Å². The van der Waals surface area contributed by atoms with Crippen molar-refractivity contribution < 1.29 is 28.6 Å². The van der Waals surface area contributed by atoms with Gasteiger partial charge in [-0.05, 0) is 63.8 Å². The maximum Gasteiger partial charge on any atom is 0.407 e. The highest BCUT2D eigenvalue weighted by atomic mass is 32.2. The predicted octanol–water partition coefficient (Wildman–Crippen LogP) is 4.64. The third-order valence-electron chi connectivity index (χ3n) is 5.62. The Hall–Kier alpha value is -3.04. The summed E-state index contributed by atoms with van der Waals surface area (Å²) in [6, 6.07) is 14.3. The molecule has 0 aromatic heterocycles. The van der Waals surface area contributed by atoms with Crippen LogP contribution in [0.3, 0.4) is 0 Å². The Kier molecular flexibility index (Phi) is 9.49. The maximum atomic E-state index is 12.9. The minimum Gasteiger partial charge on any atom is -0.459 e. The highest BCUT2D eigenvalue weighted by molar-refractivity contribution is 7.99. The van der Waals surface area contributed by atoms with E-state index in [-0.39, 0.29) is 24.0 Å². The molecule has 1 aliphatic rings. The Morgan fingerprint density at radius 3 is 1.87 bits per heavy atom. The van der Waals surface area contributed by atoms with Crippen molar-refractivity contribution in [2.24, 2.45) is 5.73 Å². The lowest BCUT2D eigenvalue weighted by Crippen LogP contribution is -2.46. The molecule has 0 heterocycles. The van der Waals surface area contributed by atoms with E-state index in [1.165, 1.54) is 11.8 Å². The fraction of sp³-hybridized carbons (Fsp3) is 0.483. The van der Waals surface area contributed by atoms with Gasteiger partial charge in [-0.25, -0.2) is 9.59 Å². The van der Waals surface area contributed by atoms with Gasteiger partial charge in [0.15, 0.2) is 0 Å². The summed E-state index contributed by atoms with van der Waals surface area (Å²) in [4.78, 5) is 37.8. The number of nitrogens with two attached hydrogens (primary N) is 1. The van der Waals surface area contributed by atoms with E-state index in [0.717, 1.165) is 22.3 Å². The van der Waals surface area contributed by atoms with Gasteiger partial charge in [0.1, 0.15) is 29.9 Å². The van der Waals surface area contributed by atoms with E-state index in [9.17, 15) is 14.4 Å². The number of carbonyl (C=O) groups is 3. The van der Waals surface area contributed by atoms with Gasteiger partial charge < -0.3 is 25.3 Å². The van der Waals surface area contributed by atoms with Crippen molar-refractivity contribution in [3.8, 4) is 11.1 Å². The first-order valence-electron chi connectivity index (χ1n) is 12.7. The van der Waals surface area contributed by atoms with Crippen LogP contribution in [0.4, 0.5) is 4.79 Å². The largest absolute Gasteiger partial charge is 0.459 e. The van der Waals surface area contributed by atoms with E-state index in [2.05, 4.69) is 17.4 Å². The first-order chi connectivity index (χ1) is 17.7. The second-order valence-electron chi connectivity index (χ2n) is 11.2. The fourth-order valence-electron chi connectivity index (χ4n) is 4.08. The second kappa shape index (κ2) is 12.2. The number of hydrogen-bond acceptors (Lipinski definition) is 8. The number of esters is 2. The molecule has 0 saturated heterocycles. The molecular weight excluding hydrogens is 504 g/mol. The summed E-state index contributed by atoms with van der Waals surface area (Å²) in [5.41, 5.74) is 9.01. The van der Waals surface area contributed by atoms with E-state index >= 15 is 0 Å². The van der Waals surface area contributed by atoms with E-state index in [1.807, 2.05) is 36.4 Å². The Morgan fingerprint density at radius 2 is 1.34 bits per heavy atom. The zero-order chi connectivity index (χ0) is 28.1. The molecule has 3 rings (SSSR count). The molecule has 0 bridgehead atoms. The van der Waals surface area contributed by atoms with Crippen molar-refractivity contribution >= 4 is 29.8 Å². The Morgan fingerprint density at radius 1 is 0.842 bits per heavy atom. The maximum absolute atomic E-state index is 12.9. The topological polar surface area (TPSA) is 117 Å². The van der Waals surface area contributed by atoms with E-state index in [1.54, 1.807) is 41.5 Å². The van der Waals surface area contributed by atoms with Crippen molar-refractivity contribution in [3.63, 3.8) is 0 Å². The van der Waals surface area contributed by atoms with Crippen LogP contribution in [-0.2, 0) is 23.8 Å². The number of amides is 1. The number of fused-ring (bicyclic) bond motifs is 3. The van der Waals surface area contributed by atoms with Crippen LogP contribution in [0.5, 0.6) is 0 Å². The number of hydrogen-bond donors (Lipinski definition) is 2. The minimum absolute atomic E-state index is 0.102. The quantitative estimate of drug-likeness (QED) is 0.348. The van der Waals surface area contributed by atoms with Gasteiger partial charge in [-0.3, -0.25) is 4.79 Å². The average molecular weight is 543 g/mol. The number of rotatable bonds is 9. The molecule has 2 aromatic rings. The van der Waals surface area contributed by atoms with Crippen molar-refractivity contribution in [3.05, 3.63) is 59.7 Å². The lowest BCUT2D eigenvalue weighted by molar-refractivity contribution is -0.157. The average Bonchev–Trinajstić information content (AvgIpc) is 3.13. The number of nitrogens with one attached hydrogen (secondary N) is 1. The van der Waals surface area contributed by atoms with Crippen LogP contribution in [0.1, 0.15) is 58.6 Å². The number of ether oxygens (including phenoxy) is 3. The molecule has 2 atom stereocenters. The molecule has 1 aliphatic carbocycles.